The van der Waals surface area contributed by atoms with Crippen molar-refractivity contribution in [3.05, 3.63) is 0 Å². The lowest BCUT2D eigenvalue weighted by molar-refractivity contribution is -0.108. The number of aldehydes is 1. The summed E-state index contributed by atoms with van der Waals surface area (Å²) in [5, 5.41) is 0. The molecule has 0 fully saturated rings. The minimum atomic E-state index is 0. The molecule has 0 atom stereocenters. The summed E-state index contributed by atoms with van der Waals surface area (Å²) in [6.45, 7) is 0.471. The van der Waals surface area contributed by atoms with Gasteiger partial charge in [0.2, 0.25) is 0 Å². The average molecular weight is 140 g/mol. The smallest absolute Gasteiger partial charge is 0.120 e. The monoisotopic (exact) mass is 139 g/mol. The van der Waals surface area contributed by atoms with Gasteiger partial charge in [-0.15, -0.1) is 12.4 Å². The lowest BCUT2D eigenvalue weighted by Crippen LogP contribution is -2.00. The molecule has 0 radical (unpaired) electrons. The van der Waals surface area contributed by atoms with E-state index in [4.69, 9.17) is 0 Å². The van der Waals surface area contributed by atoms with Gasteiger partial charge in [-0.05, 0) is 6.42 Å². The van der Waals surface area contributed by atoms with Gasteiger partial charge in [-0.1, -0.05) is 0 Å². The van der Waals surface area contributed by atoms with E-state index in [1.54, 1.807) is 0 Å². The van der Waals surface area contributed by atoms with Crippen molar-refractivity contribution in [1.29, 1.82) is 0 Å². The highest BCUT2D eigenvalue weighted by atomic mass is 35.5. The molecule has 0 heterocycles. The van der Waals surface area contributed by atoms with Crippen LogP contribution in [-0.4, -0.2) is 12.9 Å². The Labute approximate surface area is 54.6 Å². The largest absolute Gasteiger partial charge is 0.305 e. The van der Waals surface area contributed by atoms with Crippen LogP contribution in [0.15, 0.2) is 0 Å². The van der Waals surface area contributed by atoms with Crippen molar-refractivity contribution in [3.8, 4) is 0 Å². The first-order valence-corrected chi connectivity index (χ1v) is 2.17. The summed E-state index contributed by atoms with van der Waals surface area (Å²) in [5.41, 5.74) is 0. The molecule has 0 saturated carbocycles. The SMILES string of the molecule is Cl.NOCCCC=O. The fourth-order valence-corrected chi connectivity index (χ4v) is 0.250. The molecule has 2 N–H and O–H groups in total. The summed E-state index contributed by atoms with van der Waals surface area (Å²) in [6.07, 6.45) is 2.11. The summed E-state index contributed by atoms with van der Waals surface area (Å²) >= 11 is 0. The molecule has 0 aromatic rings. The first-order chi connectivity index (χ1) is 3.41. The molecule has 0 rings (SSSR count). The van der Waals surface area contributed by atoms with E-state index in [1.165, 1.54) is 0 Å². The number of halogens is 1. The van der Waals surface area contributed by atoms with Gasteiger partial charge in [0.05, 0.1) is 6.61 Å². The number of unbranched alkanes of at least 4 members (excludes halogenated alkanes) is 1. The van der Waals surface area contributed by atoms with Crippen LogP contribution >= 0.6 is 12.4 Å². The van der Waals surface area contributed by atoms with Crippen LogP contribution in [0.5, 0.6) is 0 Å². The number of nitrogens with two attached hydrogens (primary N) is 1. The van der Waals surface area contributed by atoms with Gasteiger partial charge in [0.15, 0.2) is 0 Å². The van der Waals surface area contributed by atoms with E-state index in [2.05, 4.69) is 10.7 Å². The Morgan fingerprint density at radius 3 is 2.62 bits per heavy atom. The second-order valence-corrected chi connectivity index (χ2v) is 1.18. The van der Waals surface area contributed by atoms with Crippen molar-refractivity contribution in [2.75, 3.05) is 6.61 Å². The van der Waals surface area contributed by atoms with E-state index >= 15 is 0 Å². The summed E-state index contributed by atoms with van der Waals surface area (Å²) < 4.78 is 0. The second kappa shape index (κ2) is 9.99. The van der Waals surface area contributed by atoms with Crippen LogP contribution in [0, 0.1) is 0 Å². The van der Waals surface area contributed by atoms with Gasteiger partial charge in [-0.3, -0.25) is 0 Å². The molecule has 4 heteroatoms. The third-order valence-corrected chi connectivity index (χ3v) is 0.584. The quantitative estimate of drug-likeness (QED) is 0.346. The zero-order chi connectivity index (χ0) is 5.54. The van der Waals surface area contributed by atoms with Crippen molar-refractivity contribution in [2.45, 2.75) is 12.8 Å². The van der Waals surface area contributed by atoms with Crippen molar-refractivity contribution < 1.29 is 9.63 Å². The van der Waals surface area contributed by atoms with Gasteiger partial charge in [-0.25, -0.2) is 5.90 Å². The maximum absolute atomic E-state index is 9.58. The summed E-state index contributed by atoms with van der Waals surface area (Å²) in [5.74, 6) is 4.65. The fourth-order valence-electron chi connectivity index (χ4n) is 0.250. The molecule has 0 aromatic carbocycles. The molecular weight excluding hydrogens is 130 g/mol. The average Bonchev–Trinajstić information content (AvgIpc) is 1.69. The Morgan fingerprint density at radius 2 is 2.25 bits per heavy atom. The number of hydrogen-bond acceptors (Lipinski definition) is 3. The molecule has 8 heavy (non-hydrogen) atoms. The highest BCUT2D eigenvalue weighted by Gasteiger charge is 1.80. The molecule has 0 amide bonds. The fraction of sp³-hybridized carbons (Fsp3) is 0.750. The molecule has 0 aliphatic rings. The van der Waals surface area contributed by atoms with Crippen molar-refractivity contribution >= 4 is 18.7 Å². The third kappa shape index (κ3) is 9.30. The van der Waals surface area contributed by atoms with E-state index in [0.29, 0.717) is 13.0 Å². The van der Waals surface area contributed by atoms with E-state index in [-0.39, 0.29) is 12.4 Å². The van der Waals surface area contributed by atoms with Crippen LogP contribution in [0.2, 0.25) is 0 Å². The molecule has 50 valence electrons. The standard InChI is InChI=1S/C4H9NO2.ClH/c5-7-4-2-1-3-6;/h3H,1-2,4-5H2;1H. The molecule has 0 aliphatic carbocycles. The van der Waals surface area contributed by atoms with Crippen LogP contribution in [0.4, 0.5) is 0 Å². The highest BCUT2D eigenvalue weighted by molar-refractivity contribution is 5.85. The van der Waals surface area contributed by atoms with Crippen molar-refractivity contribution in [3.63, 3.8) is 0 Å². The first-order valence-electron chi connectivity index (χ1n) is 2.17. The predicted octanol–water partition coefficient (Wildman–Crippen LogP) is 0.278. The molecule has 0 aliphatic heterocycles. The number of hydrogen-bond donors (Lipinski definition) is 1. The van der Waals surface area contributed by atoms with Gasteiger partial charge in [0.1, 0.15) is 6.29 Å². The molecule has 0 aromatic heterocycles. The lowest BCUT2D eigenvalue weighted by Gasteiger charge is -1.88. The molecule has 3 nitrogen and oxygen atoms in total. The van der Waals surface area contributed by atoms with Crippen LogP contribution in [-0.2, 0) is 9.63 Å². The maximum atomic E-state index is 9.58. The Morgan fingerprint density at radius 1 is 1.62 bits per heavy atom. The third-order valence-electron chi connectivity index (χ3n) is 0.584. The molecular formula is C4H10ClNO2. The number of carbonyl (C=O) groups is 1. The second-order valence-electron chi connectivity index (χ2n) is 1.18. The van der Waals surface area contributed by atoms with Crippen LogP contribution in [0.1, 0.15) is 12.8 Å². The Balaban J connectivity index is 0. The van der Waals surface area contributed by atoms with E-state index in [1.807, 2.05) is 0 Å². The van der Waals surface area contributed by atoms with Crippen LogP contribution in [0.25, 0.3) is 0 Å². The molecule has 0 bridgehead atoms. The summed E-state index contributed by atoms with van der Waals surface area (Å²) in [4.78, 5) is 13.8. The van der Waals surface area contributed by atoms with Crippen LogP contribution in [0.3, 0.4) is 0 Å². The lowest BCUT2D eigenvalue weighted by atomic mass is 10.4. The first kappa shape index (κ1) is 10.8. The minimum absolute atomic E-state index is 0. The summed E-state index contributed by atoms with van der Waals surface area (Å²) in [6, 6.07) is 0. The molecule has 0 saturated heterocycles. The van der Waals surface area contributed by atoms with Gasteiger partial charge in [-0.2, -0.15) is 0 Å². The molecule has 0 unspecified atom stereocenters. The normalized spacial score (nSPS) is 7.62. The van der Waals surface area contributed by atoms with Crippen molar-refractivity contribution in [2.24, 2.45) is 5.90 Å². The maximum Gasteiger partial charge on any atom is 0.120 e. The predicted molar refractivity (Wildman–Crippen MR) is 32.7 cm³/mol. The van der Waals surface area contributed by atoms with Gasteiger partial charge in [0, 0.05) is 6.42 Å². The number of carbonyl (C=O) groups excluding carboxylic acids is 1. The van der Waals surface area contributed by atoms with Gasteiger partial charge >= 0.3 is 0 Å². The van der Waals surface area contributed by atoms with Gasteiger partial charge < -0.3 is 9.63 Å². The zero-order valence-corrected chi connectivity index (χ0v) is 5.32. The van der Waals surface area contributed by atoms with E-state index in [9.17, 15) is 4.79 Å². The Kier molecular flexibility index (Phi) is 13.5. The summed E-state index contributed by atoms with van der Waals surface area (Å²) in [7, 11) is 0. The topological polar surface area (TPSA) is 52.3 Å². The van der Waals surface area contributed by atoms with E-state index in [0.717, 1.165) is 12.7 Å². The van der Waals surface area contributed by atoms with E-state index < -0.39 is 0 Å². The van der Waals surface area contributed by atoms with Crippen LogP contribution < -0.4 is 5.90 Å². The Bertz CT molecular complexity index is 51.3. The Hall–Kier alpha value is -0.120. The van der Waals surface area contributed by atoms with Crippen molar-refractivity contribution in [1.82, 2.24) is 0 Å². The zero-order valence-electron chi connectivity index (χ0n) is 4.50. The minimum Gasteiger partial charge on any atom is -0.305 e. The van der Waals surface area contributed by atoms with Gasteiger partial charge in [0.25, 0.3) is 0 Å². The number of rotatable bonds is 4. The molecule has 0 spiro atoms. The highest BCUT2D eigenvalue weighted by Crippen LogP contribution is 1.80.